The van der Waals surface area contributed by atoms with Gasteiger partial charge >= 0.3 is 5.97 Å². The third kappa shape index (κ3) is 1.36. The first kappa shape index (κ1) is 11.2. The highest BCUT2D eigenvalue weighted by Gasteiger charge is 2.64. The van der Waals surface area contributed by atoms with Crippen LogP contribution in [-0.4, -0.2) is 26.0 Å². The van der Waals surface area contributed by atoms with Gasteiger partial charge in [-0.1, -0.05) is 13.8 Å². The Morgan fingerprint density at radius 3 is 2.78 bits per heavy atom. The molecule has 2 aromatic rings. The molecular weight excluding hydrogens is 230 g/mol. The molecule has 94 valence electrons. The number of fused-ring (bicyclic) bond motifs is 1. The van der Waals surface area contributed by atoms with Crippen LogP contribution >= 0.6 is 0 Å². The number of rotatable bonds is 2. The lowest BCUT2D eigenvalue weighted by Crippen LogP contribution is -2.03. The van der Waals surface area contributed by atoms with Crippen molar-refractivity contribution in [2.75, 3.05) is 0 Å². The average molecular weight is 245 g/mol. The summed E-state index contributed by atoms with van der Waals surface area (Å²) in [5, 5.41) is 9.19. The SMILES string of the molecule is Cc1ccnc2nc(C3C(C(=O)O)C3(C)C)[nH]c12. The van der Waals surface area contributed by atoms with Gasteiger partial charge in [-0.25, -0.2) is 9.97 Å². The quantitative estimate of drug-likeness (QED) is 0.849. The van der Waals surface area contributed by atoms with Crippen LogP contribution in [0, 0.1) is 18.3 Å². The minimum Gasteiger partial charge on any atom is -0.481 e. The van der Waals surface area contributed by atoms with Gasteiger partial charge in [0.25, 0.3) is 0 Å². The van der Waals surface area contributed by atoms with Crippen LogP contribution in [0.2, 0.25) is 0 Å². The molecule has 0 aliphatic heterocycles. The number of pyridine rings is 1. The number of H-pyrrole nitrogens is 1. The number of aromatic nitrogens is 3. The molecule has 2 atom stereocenters. The molecular formula is C13H15N3O2. The fourth-order valence-corrected chi connectivity index (χ4v) is 2.81. The Labute approximate surface area is 104 Å². The van der Waals surface area contributed by atoms with Crippen molar-refractivity contribution in [1.82, 2.24) is 15.0 Å². The summed E-state index contributed by atoms with van der Waals surface area (Å²) >= 11 is 0. The first-order valence-corrected chi connectivity index (χ1v) is 5.97. The molecule has 1 aliphatic carbocycles. The predicted octanol–water partition coefficient (Wildman–Crippen LogP) is 2.09. The predicted molar refractivity (Wildman–Crippen MR) is 66.3 cm³/mol. The summed E-state index contributed by atoms with van der Waals surface area (Å²) in [6.07, 6.45) is 1.72. The summed E-state index contributed by atoms with van der Waals surface area (Å²) in [5.74, 6) is -0.429. The number of imidazole rings is 1. The molecule has 0 amide bonds. The van der Waals surface area contributed by atoms with Crippen molar-refractivity contribution < 1.29 is 9.90 Å². The number of hydrogen-bond donors (Lipinski definition) is 2. The normalized spacial score (nSPS) is 25.3. The maximum Gasteiger partial charge on any atom is 0.307 e. The molecule has 2 heterocycles. The Balaban J connectivity index is 2.07. The van der Waals surface area contributed by atoms with E-state index in [1.807, 2.05) is 26.8 Å². The van der Waals surface area contributed by atoms with E-state index in [-0.39, 0.29) is 17.3 Å². The number of nitrogens with one attached hydrogen (secondary N) is 1. The highest BCUT2D eigenvalue weighted by atomic mass is 16.4. The zero-order valence-electron chi connectivity index (χ0n) is 10.6. The van der Waals surface area contributed by atoms with Gasteiger partial charge in [0.2, 0.25) is 0 Å². The second-order valence-electron chi connectivity index (χ2n) is 5.56. The second-order valence-corrected chi connectivity index (χ2v) is 5.56. The highest BCUT2D eigenvalue weighted by Crippen LogP contribution is 2.63. The number of aromatic amines is 1. The van der Waals surface area contributed by atoms with Crippen LogP contribution < -0.4 is 0 Å². The Bertz CT molecular complexity index is 645. The molecule has 2 unspecified atom stereocenters. The van der Waals surface area contributed by atoms with Crippen LogP contribution in [0.15, 0.2) is 12.3 Å². The smallest absolute Gasteiger partial charge is 0.307 e. The Kier molecular flexibility index (Phi) is 2.06. The van der Waals surface area contributed by atoms with Crippen molar-refractivity contribution >= 4 is 17.1 Å². The van der Waals surface area contributed by atoms with Crippen LogP contribution in [-0.2, 0) is 4.79 Å². The molecule has 1 fully saturated rings. The van der Waals surface area contributed by atoms with E-state index in [4.69, 9.17) is 0 Å². The van der Waals surface area contributed by atoms with Gasteiger partial charge in [-0.05, 0) is 24.0 Å². The third-order valence-electron chi connectivity index (χ3n) is 4.01. The standard InChI is InChI=1S/C13H15N3O2/c1-6-4-5-14-11-9(6)15-10(16-11)7-8(12(17)18)13(7,2)3/h4-5,7-8H,1-3H3,(H,17,18)(H,14,15,16). The van der Waals surface area contributed by atoms with E-state index >= 15 is 0 Å². The maximum atomic E-state index is 11.2. The minimum atomic E-state index is -0.755. The van der Waals surface area contributed by atoms with E-state index in [0.29, 0.717) is 5.65 Å². The minimum absolute atomic E-state index is 0.0522. The number of carboxylic acids is 1. The summed E-state index contributed by atoms with van der Waals surface area (Å²) in [6, 6.07) is 1.91. The Hall–Kier alpha value is -1.91. The molecule has 18 heavy (non-hydrogen) atoms. The highest BCUT2D eigenvalue weighted by molar-refractivity contribution is 5.79. The van der Waals surface area contributed by atoms with Gasteiger partial charge in [0, 0.05) is 12.1 Å². The van der Waals surface area contributed by atoms with Gasteiger partial charge in [-0.15, -0.1) is 0 Å². The van der Waals surface area contributed by atoms with Crippen LogP contribution in [0.25, 0.3) is 11.2 Å². The zero-order valence-corrected chi connectivity index (χ0v) is 10.6. The topological polar surface area (TPSA) is 78.9 Å². The van der Waals surface area contributed by atoms with E-state index in [9.17, 15) is 9.90 Å². The van der Waals surface area contributed by atoms with Crippen LogP contribution in [0.4, 0.5) is 0 Å². The van der Waals surface area contributed by atoms with E-state index in [1.54, 1.807) is 6.20 Å². The van der Waals surface area contributed by atoms with Gasteiger partial charge in [-0.2, -0.15) is 0 Å². The van der Waals surface area contributed by atoms with Gasteiger partial charge < -0.3 is 10.1 Å². The Morgan fingerprint density at radius 2 is 2.22 bits per heavy atom. The zero-order chi connectivity index (χ0) is 13.1. The molecule has 0 saturated heterocycles. The molecule has 3 rings (SSSR count). The fraction of sp³-hybridized carbons (Fsp3) is 0.462. The molecule has 5 nitrogen and oxygen atoms in total. The lowest BCUT2D eigenvalue weighted by molar-refractivity contribution is -0.139. The molecule has 2 aromatic heterocycles. The van der Waals surface area contributed by atoms with Gasteiger partial charge in [-0.3, -0.25) is 4.79 Å². The van der Waals surface area contributed by atoms with Crippen molar-refractivity contribution in [2.45, 2.75) is 26.7 Å². The number of nitrogens with zero attached hydrogens (tertiary/aromatic N) is 2. The molecule has 2 N–H and O–H groups in total. The number of aliphatic carboxylic acids is 1. The van der Waals surface area contributed by atoms with Gasteiger partial charge in [0.1, 0.15) is 5.82 Å². The Morgan fingerprint density at radius 1 is 1.50 bits per heavy atom. The summed E-state index contributed by atoms with van der Waals surface area (Å²) in [4.78, 5) is 23.0. The van der Waals surface area contributed by atoms with Crippen molar-refractivity contribution in [3.05, 3.63) is 23.7 Å². The lowest BCUT2D eigenvalue weighted by Gasteiger charge is -1.97. The fourth-order valence-electron chi connectivity index (χ4n) is 2.81. The van der Waals surface area contributed by atoms with E-state index < -0.39 is 5.97 Å². The molecule has 1 saturated carbocycles. The number of aryl methyl sites for hydroxylation is 1. The van der Waals surface area contributed by atoms with E-state index in [0.717, 1.165) is 16.9 Å². The molecule has 5 heteroatoms. The van der Waals surface area contributed by atoms with Crippen molar-refractivity contribution in [3.8, 4) is 0 Å². The van der Waals surface area contributed by atoms with E-state index in [1.165, 1.54) is 0 Å². The van der Waals surface area contributed by atoms with Gasteiger partial charge in [0.15, 0.2) is 5.65 Å². The van der Waals surface area contributed by atoms with Crippen LogP contribution in [0.5, 0.6) is 0 Å². The summed E-state index contributed by atoms with van der Waals surface area (Å²) < 4.78 is 0. The average Bonchev–Trinajstić information content (AvgIpc) is 2.68. The monoisotopic (exact) mass is 245 g/mol. The van der Waals surface area contributed by atoms with Crippen LogP contribution in [0.3, 0.4) is 0 Å². The van der Waals surface area contributed by atoms with Crippen molar-refractivity contribution in [1.29, 1.82) is 0 Å². The first-order chi connectivity index (χ1) is 8.43. The molecule has 0 spiro atoms. The summed E-state index contributed by atoms with van der Waals surface area (Å²) in [5.41, 5.74) is 2.40. The molecule has 1 aliphatic rings. The maximum absolute atomic E-state index is 11.2. The first-order valence-electron chi connectivity index (χ1n) is 5.97. The van der Waals surface area contributed by atoms with Crippen molar-refractivity contribution in [2.24, 2.45) is 11.3 Å². The summed E-state index contributed by atoms with van der Waals surface area (Å²) in [7, 11) is 0. The van der Waals surface area contributed by atoms with Gasteiger partial charge in [0.05, 0.1) is 11.4 Å². The number of carbonyl (C=O) groups is 1. The van der Waals surface area contributed by atoms with Crippen LogP contribution in [0.1, 0.15) is 31.2 Å². The molecule has 0 radical (unpaired) electrons. The van der Waals surface area contributed by atoms with Crippen molar-refractivity contribution in [3.63, 3.8) is 0 Å². The number of carboxylic acid groups (broad SMARTS) is 1. The molecule has 0 aromatic carbocycles. The number of hydrogen-bond acceptors (Lipinski definition) is 3. The molecule has 0 bridgehead atoms. The lowest BCUT2D eigenvalue weighted by atomic mass is 10.1. The summed E-state index contributed by atoms with van der Waals surface area (Å²) in [6.45, 7) is 5.91. The third-order valence-corrected chi connectivity index (χ3v) is 4.01. The second kappa shape index (κ2) is 3.31. The largest absolute Gasteiger partial charge is 0.481 e. The van der Waals surface area contributed by atoms with E-state index in [2.05, 4.69) is 15.0 Å².